The molecule has 0 aromatic carbocycles. The van der Waals surface area contributed by atoms with Crippen molar-refractivity contribution in [2.45, 2.75) is 40.5 Å². The van der Waals surface area contributed by atoms with Crippen molar-refractivity contribution in [2.75, 3.05) is 5.73 Å². The first-order chi connectivity index (χ1) is 9.43. The predicted molar refractivity (Wildman–Crippen MR) is 81.3 cm³/mol. The first kappa shape index (κ1) is 14.5. The summed E-state index contributed by atoms with van der Waals surface area (Å²) >= 11 is 0. The van der Waals surface area contributed by atoms with Gasteiger partial charge in [0.25, 0.3) is 0 Å². The van der Waals surface area contributed by atoms with Crippen molar-refractivity contribution in [1.82, 2.24) is 20.0 Å². The minimum Gasteiger partial charge on any atom is -0.384 e. The molecule has 5 nitrogen and oxygen atoms in total. The normalized spacial score (nSPS) is 11.3. The summed E-state index contributed by atoms with van der Waals surface area (Å²) in [7, 11) is 1.88. The zero-order chi connectivity index (χ0) is 14.9. The predicted octanol–water partition coefficient (Wildman–Crippen LogP) is 2.53. The molecule has 0 bridgehead atoms. The molecule has 0 saturated carbocycles. The van der Waals surface area contributed by atoms with Crippen LogP contribution in [0.4, 0.5) is 5.82 Å². The van der Waals surface area contributed by atoms with Crippen LogP contribution in [-0.2, 0) is 19.9 Å². The van der Waals surface area contributed by atoms with Crippen LogP contribution in [0.5, 0.6) is 0 Å². The van der Waals surface area contributed by atoms with Crippen LogP contribution in [-0.4, -0.2) is 20.0 Å². The Morgan fingerprint density at radius 3 is 2.60 bits per heavy atom. The van der Waals surface area contributed by atoms with Gasteiger partial charge >= 0.3 is 0 Å². The third-order valence-electron chi connectivity index (χ3n) is 3.39. The van der Waals surface area contributed by atoms with Crippen molar-refractivity contribution >= 4 is 5.82 Å². The molecule has 2 N–H and O–H groups in total. The van der Waals surface area contributed by atoms with E-state index < -0.39 is 0 Å². The summed E-state index contributed by atoms with van der Waals surface area (Å²) in [6.07, 6.45) is 1.75. The van der Waals surface area contributed by atoms with E-state index in [1.165, 1.54) is 0 Å². The van der Waals surface area contributed by atoms with E-state index in [-0.39, 0.29) is 0 Å². The third-order valence-corrected chi connectivity index (χ3v) is 3.39. The van der Waals surface area contributed by atoms with Crippen LogP contribution < -0.4 is 5.73 Å². The molecule has 2 rings (SSSR count). The van der Waals surface area contributed by atoms with Gasteiger partial charge in [0.05, 0.1) is 17.1 Å². The average molecular weight is 273 g/mol. The Kier molecular flexibility index (Phi) is 4.06. The Morgan fingerprint density at radius 2 is 2.00 bits per heavy atom. The second kappa shape index (κ2) is 5.61. The van der Waals surface area contributed by atoms with Crippen molar-refractivity contribution < 1.29 is 0 Å². The van der Waals surface area contributed by atoms with Crippen LogP contribution in [0.2, 0.25) is 0 Å². The lowest BCUT2D eigenvalue weighted by Crippen LogP contribution is -2.03. The maximum Gasteiger partial charge on any atom is 0.125 e. The molecule has 2 aromatic heterocycles. The first-order valence-electron chi connectivity index (χ1n) is 7.08. The van der Waals surface area contributed by atoms with Crippen molar-refractivity contribution in [1.29, 1.82) is 0 Å². The van der Waals surface area contributed by atoms with E-state index in [1.54, 1.807) is 4.68 Å². The van der Waals surface area contributed by atoms with Crippen molar-refractivity contribution in [3.63, 3.8) is 0 Å². The van der Waals surface area contributed by atoms with Gasteiger partial charge in [-0.25, -0.2) is 0 Å². The van der Waals surface area contributed by atoms with Gasteiger partial charge in [0, 0.05) is 18.2 Å². The van der Waals surface area contributed by atoms with Crippen LogP contribution in [0.1, 0.15) is 37.7 Å². The molecule has 0 aliphatic rings. The number of aryl methyl sites for hydroxylation is 3. The highest BCUT2D eigenvalue weighted by molar-refractivity contribution is 5.70. The number of hydrogen-bond donors (Lipinski definition) is 1. The summed E-state index contributed by atoms with van der Waals surface area (Å²) in [6.45, 7) is 8.40. The molecule has 0 unspecified atom stereocenters. The molecule has 2 heterocycles. The molecule has 0 spiro atoms. The zero-order valence-corrected chi connectivity index (χ0v) is 12.9. The fraction of sp³-hybridized carbons (Fsp3) is 0.533. The Bertz CT molecular complexity index is 613. The number of nitrogens with two attached hydrogens (primary N) is 1. The number of rotatable bonds is 4. The van der Waals surface area contributed by atoms with Gasteiger partial charge < -0.3 is 5.73 Å². The number of nitrogens with zero attached hydrogens (tertiary/aromatic N) is 4. The Labute approximate surface area is 120 Å². The smallest absolute Gasteiger partial charge is 0.125 e. The van der Waals surface area contributed by atoms with Crippen molar-refractivity contribution in [3.05, 3.63) is 23.0 Å². The van der Waals surface area contributed by atoms with E-state index in [0.717, 1.165) is 46.9 Å². The van der Waals surface area contributed by atoms with Crippen LogP contribution in [0.15, 0.2) is 6.07 Å². The van der Waals surface area contributed by atoms with Gasteiger partial charge in [0.2, 0.25) is 0 Å². The summed E-state index contributed by atoms with van der Waals surface area (Å²) in [4.78, 5) is 0. The first-order valence-corrected chi connectivity index (χ1v) is 7.08. The van der Waals surface area contributed by atoms with Gasteiger partial charge in [-0.1, -0.05) is 20.8 Å². The van der Waals surface area contributed by atoms with Gasteiger partial charge in [-0.3, -0.25) is 4.68 Å². The SMILES string of the molecule is CCc1nnc(C)cc1-c1nn(C)c(N)c1CC(C)C. The summed E-state index contributed by atoms with van der Waals surface area (Å²) < 4.78 is 1.75. The lowest BCUT2D eigenvalue weighted by Gasteiger charge is -2.09. The van der Waals surface area contributed by atoms with Crippen molar-refractivity contribution in [2.24, 2.45) is 13.0 Å². The summed E-state index contributed by atoms with van der Waals surface area (Å²) in [5.74, 6) is 1.27. The third kappa shape index (κ3) is 2.66. The number of anilines is 1. The molecule has 108 valence electrons. The Hall–Kier alpha value is -1.91. The number of hydrogen-bond acceptors (Lipinski definition) is 4. The van der Waals surface area contributed by atoms with E-state index >= 15 is 0 Å². The molecule has 0 atom stereocenters. The fourth-order valence-electron chi connectivity index (χ4n) is 2.39. The van der Waals surface area contributed by atoms with Gasteiger partial charge in [-0.05, 0) is 31.7 Å². The maximum absolute atomic E-state index is 6.18. The molecule has 0 aliphatic heterocycles. The Balaban J connectivity index is 2.63. The van der Waals surface area contributed by atoms with Gasteiger partial charge in [0.1, 0.15) is 5.82 Å². The highest BCUT2D eigenvalue weighted by Gasteiger charge is 2.19. The highest BCUT2D eigenvalue weighted by Crippen LogP contribution is 2.30. The quantitative estimate of drug-likeness (QED) is 0.929. The minimum atomic E-state index is 0.529. The van der Waals surface area contributed by atoms with Gasteiger partial charge in [0.15, 0.2) is 0 Å². The molecule has 0 radical (unpaired) electrons. The van der Waals surface area contributed by atoms with Gasteiger partial charge in [-0.15, -0.1) is 0 Å². The lowest BCUT2D eigenvalue weighted by molar-refractivity contribution is 0.648. The summed E-state index contributed by atoms with van der Waals surface area (Å²) in [5.41, 5.74) is 11.2. The lowest BCUT2D eigenvalue weighted by atomic mass is 9.98. The molecule has 0 saturated heterocycles. The number of nitrogen functional groups attached to an aromatic ring is 1. The summed E-state index contributed by atoms with van der Waals surface area (Å²) in [6, 6.07) is 2.05. The van der Waals surface area contributed by atoms with E-state index in [4.69, 9.17) is 5.73 Å². The molecule has 0 amide bonds. The van der Waals surface area contributed by atoms with Crippen LogP contribution >= 0.6 is 0 Å². The molecule has 2 aromatic rings. The molecule has 20 heavy (non-hydrogen) atoms. The van der Waals surface area contributed by atoms with Crippen LogP contribution in [0.25, 0.3) is 11.3 Å². The molecule has 0 aliphatic carbocycles. The van der Waals surface area contributed by atoms with E-state index in [1.807, 2.05) is 14.0 Å². The fourth-order valence-corrected chi connectivity index (χ4v) is 2.39. The van der Waals surface area contributed by atoms with Gasteiger partial charge in [-0.2, -0.15) is 15.3 Å². The standard InChI is InChI=1S/C15H23N5/c1-6-13-11(8-10(4)17-18-13)14-12(7-9(2)3)15(16)20(5)19-14/h8-9H,6-7,16H2,1-5H3. The van der Waals surface area contributed by atoms with E-state index in [0.29, 0.717) is 5.92 Å². The molecular formula is C15H23N5. The van der Waals surface area contributed by atoms with E-state index in [9.17, 15) is 0 Å². The second-order valence-electron chi connectivity index (χ2n) is 5.63. The Morgan fingerprint density at radius 1 is 1.30 bits per heavy atom. The van der Waals surface area contributed by atoms with E-state index in [2.05, 4.69) is 42.1 Å². The van der Waals surface area contributed by atoms with Crippen LogP contribution in [0, 0.1) is 12.8 Å². The molecule has 0 fully saturated rings. The molecule has 5 heteroatoms. The van der Waals surface area contributed by atoms with Crippen LogP contribution in [0.3, 0.4) is 0 Å². The molecular weight excluding hydrogens is 250 g/mol. The second-order valence-corrected chi connectivity index (χ2v) is 5.63. The van der Waals surface area contributed by atoms with Crippen molar-refractivity contribution in [3.8, 4) is 11.3 Å². The minimum absolute atomic E-state index is 0.529. The topological polar surface area (TPSA) is 69.6 Å². The average Bonchev–Trinajstić information content (AvgIpc) is 2.66. The zero-order valence-electron chi connectivity index (χ0n) is 12.9. The maximum atomic E-state index is 6.18. The highest BCUT2D eigenvalue weighted by atomic mass is 15.3. The number of aromatic nitrogens is 4. The monoisotopic (exact) mass is 273 g/mol. The largest absolute Gasteiger partial charge is 0.384 e. The summed E-state index contributed by atoms with van der Waals surface area (Å²) in [5, 5.41) is 13.0.